The van der Waals surface area contributed by atoms with Gasteiger partial charge in [-0.25, -0.2) is 4.79 Å². The summed E-state index contributed by atoms with van der Waals surface area (Å²) in [5.74, 6) is -0.590. The average Bonchev–Trinajstić information content (AvgIpc) is 3.21. The molecular formula is C23H23NO3S. The van der Waals surface area contributed by atoms with Crippen molar-refractivity contribution in [2.24, 2.45) is 0 Å². The average molecular weight is 394 g/mol. The Labute approximate surface area is 169 Å². The first kappa shape index (κ1) is 19.8. The number of hydrogen-bond acceptors (Lipinski definition) is 4. The molecule has 0 spiro atoms. The van der Waals surface area contributed by atoms with E-state index < -0.39 is 5.97 Å². The Balaban J connectivity index is 1.52. The van der Waals surface area contributed by atoms with Crippen molar-refractivity contribution in [3.05, 3.63) is 82.0 Å². The molecule has 4 nitrogen and oxygen atoms in total. The van der Waals surface area contributed by atoms with E-state index in [1.165, 1.54) is 11.3 Å². The van der Waals surface area contributed by atoms with Crippen LogP contribution in [-0.4, -0.2) is 25.0 Å². The van der Waals surface area contributed by atoms with E-state index in [1.807, 2.05) is 79.9 Å². The Morgan fingerprint density at radius 3 is 2.46 bits per heavy atom. The van der Waals surface area contributed by atoms with Crippen molar-refractivity contribution in [2.75, 3.05) is 13.2 Å². The fourth-order valence-electron chi connectivity index (χ4n) is 2.84. The van der Waals surface area contributed by atoms with Gasteiger partial charge in [-0.05, 0) is 35.4 Å². The summed E-state index contributed by atoms with van der Waals surface area (Å²) < 4.78 is 5.23. The Morgan fingerprint density at radius 2 is 1.75 bits per heavy atom. The van der Waals surface area contributed by atoms with Gasteiger partial charge in [-0.1, -0.05) is 67.1 Å². The van der Waals surface area contributed by atoms with Gasteiger partial charge in [-0.15, -0.1) is 11.3 Å². The third-order valence-electron chi connectivity index (χ3n) is 4.52. The normalized spacial score (nSPS) is 11.6. The van der Waals surface area contributed by atoms with Crippen LogP contribution in [0.5, 0.6) is 0 Å². The predicted octanol–water partition coefficient (Wildman–Crippen LogP) is 4.80. The number of aryl methyl sites for hydroxylation is 1. The van der Waals surface area contributed by atoms with Crippen LogP contribution in [-0.2, 0) is 9.53 Å². The van der Waals surface area contributed by atoms with E-state index in [0.717, 1.165) is 22.3 Å². The van der Waals surface area contributed by atoms with Gasteiger partial charge in [-0.2, -0.15) is 0 Å². The molecule has 0 aliphatic carbocycles. The summed E-state index contributed by atoms with van der Waals surface area (Å²) in [6, 6.07) is 19.8. The van der Waals surface area contributed by atoms with Crippen LogP contribution >= 0.6 is 11.3 Å². The predicted molar refractivity (Wildman–Crippen MR) is 113 cm³/mol. The van der Waals surface area contributed by atoms with E-state index in [0.29, 0.717) is 11.4 Å². The number of amides is 1. The highest BCUT2D eigenvalue weighted by molar-refractivity contribution is 7.12. The molecular weight excluding hydrogens is 370 g/mol. The fraction of sp³-hybridized carbons (Fsp3) is 0.217. The largest absolute Gasteiger partial charge is 0.451 e. The molecule has 1 atom stereocenters. The molecule has 0 aliphatic heterocycles. The van der Waals surface area contributed by atoms with Crippen LogP contribution in [0.2, 0.25) is 0 Å². The Morgan fingerprint density at radius 1 is 1.04 bits per heavy atom. The maximum absolute atomic E-state index is 12.4. The van der Waals surface area contributed by atoms with Crippen molar-refractivity contribution in [3.8, 4) is 11.1 Å². The molecule has 144 valence electrons. The quantitative estimate of drug-likeness (QED) is 0.587. The zero-order chi connectivity index (χ0) is 19.9. The molecule has 3 aromatic rings. The van der Waals surface area contributed by atoms with Gasteiger partial charge in [0.05, 0.1) is 0 Å². The molecule has 0 aliphatic rings. The lowest BCUT2D eigenvalue weighted by Gasteiger charge is -2.13. The molecule has 0 bridgehead atoms. The number of carbonyl (C=O) groups is 2. The molecule has 0 fully saturated rings. The lowest BCUT2D eigenvalue weighted by atomic mass is 10.0. The van der Waals surface area contributed by atoms with Crippen molar-refractivity contribution in [1.29, 1.82) is 0 Å². The number of esters is 1. The van der Waals surface area contributed by atoms with Crippen LogP contribution in [0.25, 0.3) is 11.1 Å². The van der Waals surface area contributed by atoms with E-state index in [9.17, 15) is 9.59 Å². The highest BCUT2D eigenvalue weighted by atomic mass is 32.1. The minimum Gasteiger partial charge on any atom is -0.451 e. The van der Waals surface area contributed by atoms with E-state index in [2.05, 4.69) is 5.32 Å². The van der Waals surface area contributed by atoms with Crippen LogP contribution in [0.3, 0.4) is 0 Å². The molecule has 28 heavy (non-hydrogen) atoms. The highest BCUT2D eigenvalue weighted by Crippen LogP contribution is 2.29. The molecule has 5 heteroatoms. The summed E-state index contributed by atoms with van der Waals surface area (Å²) in [7, 11) is 0. The second-order valence-corrected chi connectivity index (χ2v) is 7.64. The van der Waals surface area contributed by atoms with Crippen molar-refractivity contribution in [3.63, 3.8) is 0 Å². The van der Waals surface area contributed by atoms with Gasteiger partial charge in [0.1, 0.15) is 4.88 Å². The van der Waals surface area contributed by atoms with Gasteiger partial charge in [0.2, 0.25) is 0 Å². The monoisotopic (exact) mass is 393 g/mol. The lowest BCUT2D eigenvalue weighted by molar-refractivity contribution is -0.124. The number of nitrogens with one attached hydrogen (secondary N) is 1. The van der Waals surface area contributed by atoms with E-state index in [-0.39, 0.29) is 18.4 Å². The number of thiophene rings is 1. The summed E-state index contributed by atoms with van der Waals surface area (Å²) >= 11 is 1.32. The van der Waals surface area contributed by atoms with E-state index >= 15 is 0 Å². The summed E-state index contributed by atoms with van der Waals surface area (Å²) in [5.41, 5.74) is 4.10. The van der Waals surface area contributed by atoms with Crippen molar-refractivity contribution >= 4 is 23.2 Å². The molecule has 2 aromatic carbocycles. The Hall–Kier alpha value is -2.92. The summed E-state index contributed by atoms with van der Waals surface area (Å²) in [6.45, 7) is 4.27. The standard InChI is InChI=1S/C23H23NO3S/c1-16-8-10-19(11-9-16)20-12-13-28-22(20)23(26)27-15-21(25)24-14-17(2)18-6-4-3-5-7-18/h3-13,17H,14-15H2,1-2H3,(H,24,25)/t17-/m1/s1. The molecule has 0 radical (unpaired) electrons. The van der Waals surface area contributed by atoms with Gasteiger partial charge in [0, 0.05) is 12.1 Å². The summed E-state index contributed by atoms with van der Waals surface area (Å²) in [6.07, 6.45) is 0. The van der Waals surface area contributed by atoms with Gasteiger partial charge in [0.25, 0.3) is 5.91 Å². The van der Waals surface area contributed by atoms with Crippen LogP contribution in [0.15, 0.2) is 66.0 Å². The fourth-order valence-corrected chi connectivity index (χ4v) is 3.65. The Bertz CT molecular complexity index is 932. The molecule has 1 amide bonds. The Kier molecular flexibility index (Phi) is 6.61. The first-order chi connectivity index (χ1) is 13.5. The number of carbonyl (C=O) groups excluding carboxylic acids is 2. The zero-order valence-electron chi connectivity index (χ0n) is 16.0. The maximum atomic E-state index is 12.4. The SMILES string of the molecule is Cc1ccc(-c2ccsc2C(=O)OCC(=O)NC[C@@H](C)c2ccccc2)cc1. The third kappa shape index (κ3) is 5.08. The highest BCUT2D eigenvalue weighted by Gasteiger charge is 2.17. The van der Waals surface area contributed by atoms with Gasteiger partial charge < -0.3 is 10.1 Å². The van der Waals surface area contributed by atoms with Gasteiger partial charge >= 0.3 is 5.97 Å². The minimum absolute atomic E-state index is 0.186. The molecule has 3 rings (SSSR count). The van der Waals surface area contributed by atoms with Crippen molar-refractivity contribution in [1.82, 2.24) is 5.32 Å². The lowest BCUT2D eigenvalue weighted by Crippen LogP contribution is -2.31. The van der Waals surface area contributed by atoms with E-state index in [4.69, 9.17) is 4.74 Å². The van der Waals surface area contributed by atoms with Crippen LogP contribution in [0.1, 0.15) is 33.6 Å². The van der Waals surface area contributed by atoms with Crippen molar-refractivity contribution < 1.29 is 14.3 Å². The number of rotatable bonds is 7. The molecule has 0 saturated heterocycles. The summed E-state index contributed by atoms with van der Waals surface area (Å²) in [4.78, 5) is 25.0. The van der Waals surface area contributed by atoms with E-state index in [1.54, 1.807) is 0 Å². The summed E-state index contributed by atoms with van der Waals surface area (Å²) in [5, 5.41) is 4.68. The first-order valence-corrected chi connectivity index (χ1v) is 10.1. The number of ether oxygens (including phenoxy) is 1. The van der Waals surface area contributed by atoms with Crippen molar-refractivity contribution in [2.45, 2.75) is 19.8 Å². The molecule has 1 heterocycles. The molecule has 0 unspecified atom stereocenters. The minimum atomic E-state index is -0.475. The second-order valence-electron chi connectivity index (χ2n) is 6.72. The zero-order valence-corrected chi connectivity index (χ0v) is 16.8. The third-order valence-corrected chi connectivity index (χ3v) is 5.42. The van der Waals surface area contributed by atoms with Crippen LogP contribution in [0.4, 0.5) is 0 Å². The van der Waals surface area contributed by atoms with Crippen LogP contribution < -0.4 is 5.32 Å². The van der Waals surface area contributed by atoms with Crippen LogP contribution in [0, 0.1) is 6.92 Å². The maximum Gasteiger partial charge on any atom is 0.349 e. The second kappa shape index (κ2) is 9.33. The number of benzene rings is 2. The first-order valence-electron chi connectivity index (χ1n) is 9.18. The molecule has 1 aromatic heterocycles. The molecule has 1 N–H and O–H groups in total. The molecule has 0 saturated carbocycles. The number of hydrogen-bond donors (Lipinski definition) is 1. The smallest absolute Gasteiger partial charge is 0.349 e. The van der Waals surface area contributed by atoms with Gasteiger partial charge in [-0.3, -0.25) is 4.79 Å². The van der Waals surface area contributed by atoms with Gasteiger partial charge in [0.15, 0.2) is 6.61 Å². The topological polar surface area (TPSA) is 55.4 Å².